The predicted octanol–water partition coefficient (Wildman–Crippen LogP) is 7.88. The number of nitrogens with one attached hydrogen (secondary N) is 1. The molecular formula is C34H30ClN3O4. The van der Waals surface area contributed by atoms with Crippen molar-refractivity contribution >= 4 is 23.5 Å². The van der Waals surface area contributed by atoms with Crippen molar-refractivity contribution in [1.82, 2.24) is 15.1 Å². The van der Waals surface area contributed by atoms with Crippen LogP contribution in [-0.2, 0) is 11.2 Å². The van der Waals surface area contributed by atoms with E-state index in [1.807, 2.05) is 97.9 Å². The summed E-state index contributed by atoms with van der Waals surface area (Å²) >= 11 is 6.05. The van der Waals surface area contributed by atoms with Gasteiger partial charge in [-0.2, -0.15) is 5.10 Å². The summed E-state index contributed by atoms with van der Waals surface area (Å²) in [6.45, 7) is 2.03. The lowest BCUT2D eigenvalue weighted by molar-refractivity contribution is -0.137. The van der Waals surface area contributed by atoms with Crippen LogP contribution in [0.4, 0.5) is 0 Å². The van der Waals surface area contributed by atoms with Crippen LogP contribution in [0.3, 0.4) is 0 Å². The summed E-state index contributed by atoms with van der Waals surface area (Å²) in [6.07, 6.45) is 2.68. The summed E-state index contributed by atoms with van der Waals surface area (Å²) in [4.78, 5) is 25.3. The van der Waals surface area contributed by atoms with Crippen molar-refractivity contribution in [3.8, 4) is 28.3 Å². The van der Waals surface area contributed by atoms with Gasteiger partial charge in [-0.05, 0) is 60.0 Å². The Balaban J connectivity index is 1.39. The zero-order valence-corrected chi connectivity index (χ0v) is 23.8. The Labute approximate surface area is 249 Å². The number of aromatic nitrogens is 2. The average molecular weight is 580 g/mol. The van der Waals surface area contributed by atoms with Gasteiger partial charge in [0.2, 0.25) is 0 Å². The highest BCUT2D eigenvalue weighted by Gasteiger charge is 2.23. The van der Waals surface area contributed by atoms with Crippen LogP contribution in [0.15, 0.2) is 109 Å². The third-order valence-corrected chi connectivity index (χ3v) is 7.09. The molecule has 1 heterocycles. The monoisotopic (exact) mass is 579 g/mol. The number of carboxylic acids is 1. The Kier molecular flexibility index (Phi) is 8.99. The van der Waals surface area contributed by atoms with E-state index in [0.717, 1.165) is 34.7 Å². The van der Waals surface area contributed by atoms with Crippen molar-refractivity contribution in [3.05, 3.63) is 131 Å². The van der Waals surface area contributed by atoms with E-state index >= 15 is 0 Å². The number of hydrogen-bond donors (Lipinski definition) is 2. The maximum absolute atomic E-state index is 13.5. The molecule has 0 spiro atoms. The van der Waals surface area contributed by atoms with Crippen molar-refractivity contribution in [3.63, 3.8) is 0 Å². The second kappa shape index (κ2) is 13.2. The van der Waals surface area contributed by atoms with E-state index < -0.39 is 12.0 Å². The van der Waals surface area contributed by atoms with Gasteiger partial charge in [0.15, 0.2) is 0 Å². The largest absolute Gasteiger partial charge is 0.481 e. The number of carbonyl (C=O) groups excluding carboxylic acids is 1. The number of halogens is 1. The lowest BCUT2D eigenvalue weighted by Crippen LogP contribution is -2.30. The molecule has 2 N–H and O–H groups in total. The van der Waals surface area contributed by atoms with Gasteiger partial charge in [-0.3, -0.25) is 9.59 Å². The molecule has 212 valence electrons. The molecule has 0 aliphatic carbocycles. The van der Waals surface area contributed by atoms with Gasteiger partial charge in [0, 0.05) is 10.6 Å². The van der Waals surface area contributed by atoms with Gasteiger partial charge in [0.05, 0.1) is 35.6 Å². The van der Waals surface area contributed by atoms with Crippen LogP contribution >= 0.6 is 11.6 Å². The molecule has 0 bridgehead atoms. The minimum atomic E-state index is -1.02. The molecule has 8 heteroatoms. The smallest absolute Gasteiger partial charge is 0.305 e. The molecule has 42 heavy (non-hydrogen) atoms. The summed E-state index contributed by atoms with van der Waals surface area (Å²) in [5.41, 5.74) is 4.42. The zero-order chi connectivity index (χ0) is 29.5. The van der Waals surface area contributed by atoms with E-state index in [-0.39, 0.29) is 12.3 Å². The number of benzene rings is 4. The molecule has 0 saturated heterocycles. The summed E-state index contributed by atoms with van der Waals surface area (Å²) < 4.78 is 7.84. The van der Waals surface area contributed by atoms with Gasteiger partial charge in [-0.1, -0.05) is 85.6 Å². The van der Waals surface area contributed by atoms with Crippen molar-refractivity contribution < 1.29 is 19.4 Å². The molecule has 0 radical (unpaired) electrons. The summed E-state index contributed by atoms with van der Waals surface area (Å²) in [6, 6.07) is 31.2. The van der Waals surface area contributed by atoms with E-state index in [1.165, 1.54) is 6.20 Å². The van der Waals surface area contributed by atoms with Gasteiger partial charge in [-0.15, -0.1) is 0 Å². The number of para-hydroxylation sites is 2. The van der Waals surface area contributed by atoms with Crippen molar-refractivity contribution in [2.45, 2.75) is 32.2 Å². The maximum Gasteiger partial charge on any atom is 0.305 e. The van der Waals surface area contributed by atoms with Gasteiger partial charge in [0.1, 0.15) is 11.5 Å². The first-order valence-corrected chi connectivity index (χ1v) is 14.1. The second-order valence-corrected chi connectivity index (χ2v) is 10.2. The first kappa shape index (κ1) is 28.6. The highest BCUT2D eigenvalue weighted by molar-refractivity contribution is 6.30. The molecule has 5 aromatic rings. The summed E-state index contributed by atoms with van der Waals surface area (Å²) in [5, 5.41) is 17.7. The highest BCUT2D eigenvalue weighted by Crippen LogP contribution is 2.34. The van der Waals surface area contributed by atoms with E-state index in [0.29, 0.717) is 28.3 Å². The molecule has 0 fully saturated rings. The number of ether oxygens (including phenoxy) is 1. The average Bonchev–Trinajstić information content (AvgIpc) is 3.42. The van der Waals surface area contributed by atoms with Gasteiger partial charge >= 0.3 is 5.97 Å². The van der Waals surface area contributed by atoms with Crippen LogP contribution in [0.2, 0.25) is 5.02 Å². The maximum atomic E-state index is 13.5. The van der Waals surface area contributed by atoms with Crippen LogP contribution in [0.25, 0.3) is 16.8 Å². The van der Waals surface area contributed by atoms with Crippen LogP contribution in [0.5, 0.6) is 11.5 Å². The van der Waals surface area contributed by atoms with Crippen LogP contribution in [0.1, 0.15) is 47.4 Å². The van der Waals surface area contributed by atoms with Crippen molar-refractivity contribution in [2.75, 3.05) is 0 Å². The minimum absolute atomic E-state index is 0.271. The number of carboxylic acid groups (broad SMARTS) is 1. The number of nitrogens with zero attached hydrogens (tertiary/aromatic N) is 2. The van der Waals surface area contributed by atoms with E-state index in [9.17, 15) is 14.7 Å². The second-order valence-electron chi connectivity index (χ2n) is 9.80. The van der Waals surface area contributed by atoms with Gasteiger partial charge in [0.25, 0.3) is 5.91 Å². The fourth-order valence-electron chi connectivity index (χ4n) is 4.81. The van der Waals surface area contributed by atoms with Gasteiger partial charge < -0.3 is 15.2 Å². The fraction of sp³-hybridized carbons (Fsp3) is 0.147. The standard InChI is InChI=1S/C34H30ClN3O4/c1-2-8-31-29(22-36-38(31)26-19-17-25(35)18-20-26)34(41)37-30(21-33(39)40)24-15-13-23(14-16-24)28-11-6-7-12-32(28)42-27-9-4-3-5-10-27/h3-7,9-20,22,30H,2,8,21H2,1H3,(H,37,41)(H,39,40). The minimum Gasteiger partial charge on any atom is -0.481 e. The number of rotatable bonds is 11. The predicted molar refractivity (Wildman–Crippen MR) is 163 cm³/mol. The number of amides is 1. The Hall–Kier alpha value is -4.88. The van der Waals surface area contributed by atoms with Crippen molar-refractivity contribution in [2.24, 2.45) is 0 Å². The molecule has 1 atom stereocenters. The molecule has 0 aliphatic rings. The lowest BCUT2D eigenvalue weighted by atomic mass is 9.98. The van der Waals surface area contributed by atoms with Crippen molar-refractivity contribution in [1.29, 1.82) is 0 Å². The van der Waals surface area contributed by atoms with Crippen LogP contribution in [-0.4, -0.2) is 26.8 Å². The molecule has 1 unspecified atom stereocenters. The van der Waals surface area contributed by atoms with Crippen LogP contribution < -0.4 is 10.1 Å². The number of hydrogen-bond acceptors (Lipinski definition) is 4. The normalized spacial score (nSPS) is 11.6. The molecule has 0 aliphatic heterocycles. The first-order valence-electron chi connectivity index (χ1n) is 13.7. The summed E-state index contributed by atoms with van der Waals surface area (Å²) in [5.74, 6) is 0.0350. The fourth-order valence-corrected chi connectivity index (χ4v) is 4.94. The molecular weight excluding hydrogens is 550 g/mol. The number of aliphatic carboxylic acids is 1. The SMILES string of the molecule is CCCc1c(C(=O)NC(CC(=O)O)c2ccc(-c3ccccc3Oc3ccccc3)cc2)cnn1-c1ccc(Cl)cc1. The lowest BCUT2D eigenvalue weighted by Gasteiger charge is -2.19. The Morgan fingerprint density at radius 1 is 0.929 bits per heavy atom. The number of carbonyl (C=O) groups is 2. The van der Waals surface area contributed by atoms with E-state index in [2.05, 4.69) is 10.4 Å². The highest BCUT2D eigenvalue weighted by atomic mass is 35.5. The van der Waals surface area contributed by atoms with Gasteiger partial charge in [-0.25, -0.2) is 4.68 Å². The molecule has 5 rings (SSSR count). The zero-order valence-electron chi connectivity index (χ0n) is 23.0. The summed E-state index contributed by atoms with van der Waals surface area (Å²) in [7, 11) is 0. The Morgan fingerprint density at radius 2 is 1.62 bits per heavy atom. The molecule has 4 aromatic carbocycles. The topological polar surface area (TPSA) is 93.5 Å². The first-order chi connectivity index (χ1) is 20.4. The van der Waals surface area contributed by atoms with Crippen LogP contribution in [0, 0.1) is 0 Å². The molecule has 1 aromatic heterocycles. The van der Waals surface area contributed by atoms with E-state index in [1.54, 1.807) is 16.8 Å². The van der Waals surface area contributed by atoms with E-state index in [4.69, 9.17) is 16.3 Å². The Morgan fingerprint density at radius 3 is 2.31 bits per heavy atom. The Bertz CT molecular complexity index is 1670. The third-order valence-electron chi connectivity index (χ3n) is 6.84. The molecule has 7 nitrogen and oxygen atoms in total. The third kappa shape index (κ3) is 6.70. The molecule has 0 saturated carbocycles. The quantitative estimate of drug-likeness (QED) is 0.166. The molecule has 1 amide bonds.